The number of hydrogen-bond acceptors (Lipinski definition) is 4. The van der Waals surface area contributed by atoms with Crippen LogP contribution >= 0.6 is 0 Å². The fourth-order valence-corrected chi connectivity index (χ4v) is 6.28. The van der Waals surface area contributed by atoms with Crippen molar-refractivity contribution in [1.82, 2.24) is 4.72 Å². The molecule has 5 nitrogen and oxygen atoms in total. The summed E-state index contributed by atoms with van der Waals surface area (Å²) >= 11 is 0. The first-order valence-electron chi connectivity index (χ1n) is 10.0. The van der Waals surface area contributed by atoms with Gasteiger partial charge in [-0.15, -0.1) is 0 Å². The molecule has 0 saturated carbocycles. The molecular formula is C22H31NO4SSi. The van der Waals surface area contributed by atoms with Gasteiger partial charge in [0.2, 0.25) is 10.0 Å². The third kappa shape index (κ3) is 5.55. The first kappa shape index (κ1) is 22.2. The van der Waals surface area contributed by atoms with Gasteiger partial charge in [0.25, 0.3) is 0 Å². The summed E-state index contributed by atoms with van der Waals surface area (Å²) in [5.74, 6) is 0. The minimum atomic E-state index is -3.50. The van der Waals surface area contributed by atoms with Crippen LogP contribution in [-0.4, -0.2) is 35.5 Å². The highest BCUT2D eigenvalue weighted by molar-refractivity contribution is 7.89. The number of sulfonamides is 1. The van der Waals surface area contributed by atoms with E-state index in [9.17, 15) is 8.42 Å². The lowest BCUT2D eigenvalue weighted by atomic mass is 9.83. The van der Waals surface area contributed by atoms with Crippen LogP contribution in [0.5, 0.6) is 0 Å². The predicted octanol–water partition coefficient (Wildman–Crippen LogP) is 4.42. The average Bonchev–Trinajstić information content (AvgIpc) is 2.63. The maximum absolute atomic E-state index is 12.5. The van der Waals surface area contributed by atoms with Crippen LogP contribution in [-0.2, 0) is 19.2 Å². The maximum Gasteiger partial charge on any atom is 0.240 e. The molecule has 0 bridgehead atoms. The van der Waals surface area contributed by atoms with E-state index in [0.29, 0.717) is 24.5 Å². The van der Waals surface area contributed by atoms with Gasteiger partial charge in [-0.05, 0) is 57.1 Å². The number of benzene rings is 2. The van der Waals surface area contributed by atoms with Crippen molar-refractivity contribution in [3.05, 3.63) is 65.7 Å². The molecule has 0 radical (unpaired) electrons. The van der Waals surface area contributed by atoms with Gasteiger partial charge in [0.05, 0.1) is 11.5 Å². The fraction of sp³-hybridized carbons (Fsp3) is 0.455. The summed E-state index contributed by atoms with van der Waals surface area (Å²) in [5, 5.41) is 0. The molecular weight excluding hydrogens is 402 g/mol. The fourth-order valence-electron chi connectivity index (χ4n) is 3.72. The van der Waals surface area contributed by atoms with Crippen molar-refractivity contribution in [2.75, 3.05) is 13.2 Å². The Morgan fingerprint density at radius 3 is 2.31 bits per heavy atom. The van der Waals surface area contributed by atoms with Crippen molar-refractivity contribution < 1.29 is 17.6 Å². The topological polar surface area (TPSA) is 64.6 Å². The van der Waals surface area contributed by atoms with Crippen LogP contribution < -0.4 is 4.72 Å². The number of hydrogen-bond donors (Lipinski definition) is 1. The van der Waals surface area contributed by atoms with E-state index in [0.717, 1.165) is 17.5 Å². The summed E-state index contributed by atoms with van der Waals surface area (Å²) in [6, 6.07) is 17.0. The Morgan fingerprint density at radius 1 is 1.10 bits per heavy atom. The highest BCUT2D eigenvalue weighted by Gasteiger charge is 2.51. The van der Waals surface area contributed by atoms with E-state index < -0.39 is 18.3 Å². The molecule has 0 aromatic heterocycles. The third-order valence-electron chi connectivity index (χ3n) is 4.98. The molecule has 2 atom stereocenters. The van der Waals surface area contributed by atoms with Crippen molar-refractivity contribution >= 4 is 18.3 Å². The minimum absolute atomic E-state index is 0.107. The van der Waals surface area contributed by atoms with E-state index in [-0.39, 0.29) is 11.7 Å². The molecule has 7 heteroatoms. The Kier molecular flexibility index (Phi) is 6.65. The normalized spacial score (nSPS) is 22.3. The molecule has 1 saturated heterocycles. The summed E-state index contributed by atoms with van der Waals surface area (Å²) in [6.07, 6.45) is 1.32. The molecule has 2 aromatic carbocycles. The monoisotopic (exact) mass is 433 g/mol. The largest absolute Gasteiger partial charge is 0.407 e. The molecule has 0 unspecified atom stereocenters. The molecule has 1 heterocycles. The lowest BCUT2D eigenvalue weighted by Gasteiger charge is -2.52. The average molecular weight is 434 g/mol. The lowest BCUT2D eigenvalue weighted by molar-refractivity contribution is -0.234. The highest BCUT2D eigenvalue weighted by atomic mass is 32.2. The van der Waals surface area contributed by atoms with Crippen molar-refractivity contribution in [3.8, 4) is 0 Å². The first-order valence-corrected chi connectivity index (χ1v) is 14.9. The minimum Gasteiger partial charge on any atom is -0.407 e. The zero-order valence-electron chi connectivity index (χ0n) is 17.6. The van der Waals surface area contributed by atoms with Crippen molar-refractivity contribution in [2.24, 2.45) is 0 Å². The van der Waals surface area contributed by atoms with E-state index in [1.165, 1.54) is 0 Å². The number of nitrogens with one attached hydrogen (secondary N) is 1. The van der Waals surface area contributed by atoms with Crippen molar-refractivity contribution in [1.29, 1.82) is 0 Å². The Balaban J connectivity index is 1.64. The van der Waals surface area contributed by atoms with E-state index in [4.69, 9.17) is 9.16 Å². The van der Waals surface area contributed by atoms with E-state index >= 15 is 0 Å². The molecule has 158 valence electrons. The molecule has 29 heavy (non-hydrogen) atoms. The van der Waals surface area contributed by atoms with Crippen LogP contribution in [0.3, 0.4) is 0 Å². The number of rotatable bonds is 9. The molecule has 1 aliphatic rings. The molecule has 0 amide bonds. The van der Waals surface area contributed by atoms with Gasteiger partial charge in [-0.2, -0.15) is 0 Å². The molecule has 1 N–H and O–H groups in total. The summed E-state index contributed by atoms with van der Waals surface area (Å²) < 4.78 is 40.2. The van der Waals surface area contributed by atoms with Gasteiger partial charge in [0.1, 0.15) is 11.7 Å². The van der Waals surface area contributed by atoms with Gasteiger partial charge in [-0.25, -0.2) is 13.1 Å². The quantitative estimate of drug-likeness (QED) is 0.470. The second kappa shape index (κ2) is 8.69. The van der Waals surface area contributed by atoms with E-state index in [1.807, 2.05) is 37.3 Å². The molecule has 2 aromatic rings. The van der Waals surface area contributed by atoms with E-state index in [1.54, 1.807) is 12.1 Å². The predicted molar refractivity (Wildman–Crippen MR) is 118 cm³/mol. The number of aryl methyl sites for hydroxylation is 1. The van der Waals surface area contributed by atoms with Crippen LogP contribution in [0.25, 0.3) is 0 Å². The van der Waals surface area contributed by atoms with Crippen LogP contribution in [0.15, 0.2) is 59.5 Å². The molecule has 1 aliphatic heterocycles. The molecule has 3 rings (SSSR count). The van der Waals surface area contributed by atoms with Crippen LogP contribution in [0.4, 0.5) is 0 Å². The summed E-state index contributed by atoms with van der Waals surface area (Å²) in [5.41, 5.74) is 1.75. The molecule has 1 fully saturated rings. The Hall–Kier alpha value is -1.51. The van der Waals surface area contributed by atoms with Gasteiger partial charge >= 0.3 is 0 Å². The Morgan fingerprint density at radius 2 is 1.76 bits per heavy atom. The maximum atomic E-state index is 12.5. The van der Waals surface area contributed by atoms with Crippen molar-refractivity contribution in [2.45, 2.75) is 56.0 Å². The number of ether oxygens (including phenoxy) is 1. The van der Waals surface area contributed by atoms with E-state index in [2.05, 4.69) is 36.5 Å². The van der Waals surface area contributed by atoms with Gasteiger partial charge in [0, 0.05) is 6.54 Å². The highest BCUT2D eigenvalue weighted by Crippen LogP contribution is 2.46. The van der Waals surface area contributed by atoms with Gasteiger partial charge < -0.3 is 9.16 Å². The third-order valence-corrected chi connectivity index (χ3v) is 7.48. The zero-order chi connectivity index (χ0) is 21.1. The van der Waals surface area contributed by atoms with Crippen LogP contribution in [0.2, 0.25) is 19.6 Å². The Bertz CT molecular complexity index is 910. The standard InChI is InChI=1S/C22H31NO4SSi/c1-18-11-13-20(14-12-18)28(24,25)23-16-8-15-22(27-29(2,3)4)17-26-21(22)19-9-6-5-7-10-19/h5-7,9-14,21,23H,8,15-17H2,1-4H3/t21-,22-/m1/s1. The second-order valence-electron chi connectivity index (χ2n) is 8.70. The smallest absolute Gasteiger partial charge is 0.240 e. The van der Waals surface area contributed by atoms with Gasteiger partial charge in [-0.1, -0.05) is 48.0 Å². The SMILES string of the molecule is Cc1ccc(S(=O)(=O)NCCC[C@@]2(O[Si](C)(C)C)CO[C@@H]2c2ccccc2)cc1. The second-order valence-corrected chi connectivity index (χ2v) is 14.9. The summed E-state index contributed by atoms with van der Waals surface area (Å²) in [7, 11) is -5.31. The molecule has 0 spiro atoms. The molecule has 0 aliphatic carbocycles. The van der Waals surface area contributed by atoms with Crippen LogP contribution in [0.1, 0.15) is 30.1 Å². The van der Waals surface area contributed by atoms with Crippen LogP contribution in [0, 0.1) is 6.92 Å². The van der Waals surface area contributed by atoms with Crippen molar-refractivity contribution in [3.63, 3.8) is 0 Å². The lowest BCUT2D eigenvalue weighted by Crippen LogP contribution is -2.58. The van der Waals surface area contributed by atoms with Gasteiger partial charge in [-0.3, -0.25) is 0 Å². The summed E-state index contributed by atoms with van der Waals surface area (Å²) in [6.45, 7) is 9.38. The Labute approximate surface area is 175 Å². The zero-order valence-corrected chi connectivity index (χ0v) is 19.5. The first-order chi connectivity index (χ1) is 13.6. The van der Waals surface area contributed by atoms with Gasteiger partial charge in [0.15, 0.2) is 8.32 Å². The summed E-state index contributed by atoms with van der Waals surface area (Å²) in [4.78, 5) is 0.297.